The predicted molar refractivity (Wildman–Crippen MR) is 101 cm³/mol. The zero-order valence-electron chi connectivity index (χ0n) is 13.1. The lowest BCUT2D eigenvalue weighted by molar-refractivity contribution is 0.790. The van der Waals surface area contributed by atoms with Crippen LogP contribution in [0.1, 0.15) is 28.2 Å². The topological polar surface area (TPSA) is 62.7 Å². The van der Waals surface area contributed by atoms with Gasteiger partial charge in [0, 0.05) is 27.7 Å². The smallest absolute Gasteiger partial charge is 0.141 e. The molecule has 4 rings (SSSR count). The van der Waals surface area contributed by atoms with Crippen LogP contribution in [0.3, 0.4) is 0 Å². The largest absolute Gasteiger partial charge is 0.383 e. The Morgan fingerprint density at radius 3 is 2.68 bits per heavy atom. The van der Waals surface area contributed by atoms with Gasteiger partial charge in [0.25, 0.3) is 0 Å². The number of aromatic nitrogens is 1. The summed E-state index contributed by atoms with van der Waals surface area (Å²) in [6.07, 6.45) is 2.47. The summed E-state index contributed by atoms with van der Waals surface area (Å²) in [4.78, 5) is 4.20. The van der Waals surface area contributed by atoms with Gasteiger partial charge in [0.05, 0.1) is 0 Å². The van der Waals surface area contributed by atoms with Crippen molar-refractivity contribution in [3.05, 3.63) is 81.0 Å². The number of anilines is 1. The molecular formula is C20H13Cl2N3. The number of halogens is 2. The Kier molecular flexibility index (Phi) is 3.88. The summed E-state index contributed by atoms with van der Waals surface area (Å²) in [5, 5.41) is 10.8. The van der Waals surface area contributed by atoms with Crippen molar-refractivity contribution in [2.24, 2.45) is 0 Å². The number of benzene rings is 2. The van der Waals surface area contributed by atoms with E-state index in [0.717, 1.165) is 27.8 Å². The number of rotatable bonds is 1. The van der Waals surface area contributed by atoms with Crippen LogP contribution in [-0.4, -0.2) is 4.98 Å². The molecule has 0 spiro atoms. The van der Waals surface area contributed by atoms with Crippen molar-refractivity contribution in [1.29, 1.82) is 5.26 Å². The number of hydrogen-bond acceptors (Lipinski definition) is 3. The first-order chi connectivity index (χ1) is 12.1. The highest BCUT2D eigenvalue weighted by atomic mass is 35.5. The van der Waals surface area contributed by atoms with Gasteiger partial charge < -0.3 is 5.73 Å². The summed E-state index contributed by atoms with van der Waals surface area (Å²) < 4.78 is 0. The molecule has 0 amide bonds. The number of nitrogen functional groups attached to an aromatic ring is 1. The molecule has 3 nitrogen and oxygen atoms in total. The summed E-state index contributed by atoms with van der Waals surface area (Å²) in [6, 6.07) is 15.8. The SMILES string of the molecule is N#Cc1c(N)ncc2c1-c1ccccc1C(c1ccc(Cl)cc1Cl)C2. The second kappa shape index (κ2) is 6.07. The zero-order valence-corrected chi connectivity index (χ0v) is 14.6. The highest BCUT2D eigenvalue weighted by Gasteiger charge is 2.29. The Morgan fingerprint density at radius 1 is 1.12 bits per heavy atom. The maximum absolute atomic E-state index is 9.55. The molecule has 0 aliphatic heterocycles. The van der Waals surface area contributed by atoms with Crippen LogP contribution in [0, 0.1) is 11.3 Å². The van der Waals surface area contributed by atoms with E-state index in [2.05, 4.69) is 17.1 Å². The van der Waals surface area contributed by atoms with E-state index < -0.39 is 0 Å². The molecule has 3 aromatic rings. The Labute approximate surface area is 155 Å². The zero-order chi connectivity index (χ0) is 17.6. The quantitative estimate of drug-likeness (QED) is 0.644. The van der Waals surface area contributed by atoms with Crippen molar-refractivity contribution < 1.29 is 0 Å². The van der Waals surface area contributed by atoms with Crippen molar-refractivity contribution in [3.63, 3.8) is 0 Å². The van der Waals surface area contributed by atoms with Gasteiger partial charge in [0.2, 0.25) is 0 Å². The van der Waals surface area contributed by atoms with Gasteiger partial charge >= 0.3 is 0 Å². The van der Waals surface area contributed by atoms with E-state index >= 15 is 0 Å². The lowest BCUT2D eigenvalue weighted by Crippen LogP contribution is -2.15. The third kappa shape index (κ3) is 2.55. The lowest BCUT2D eigenvalue weighted by Gasteiger charge is -2.29. The molecule has 1 aliphatic carbocycles. The van der Waals surface area contributed by atoms with Crippen LogP contribution >= 0.6 is 23.2 Å². The van der Waals surface area contributed by atoms with Crippen LogP contribution in [0.2, 0.25) is 10.0 Å². The molecule has 0 fully saturated rings. The Bertz CT molecular complexity index is 1040. The molecule has 0 radical (unpaired) electrons. The summed E-state index contributed by atoms with van der Waals surface area (Å²) in [6.45, 7) is 0. The fraction of sp³-hybridized carbons (Fsp3) is 0.100. The van der Waals surface area contributed by atoms with Gasteiger partial charge in [-0.2, -0.15) is 5.26 Å². The fourth-order valence-corrected chi connectivity index (χ4v) is 4.10. The van der Waals surface area contributed by atoms with Crippen molar-refractivity contribution in [2.45, 2.75) is 12.3 Å². The van der Waals surface area contributed by atoms with Crippen molar-refractivity contribution in [2.75, 3.05) is 5.73 Å². The van der Waals surface area contributed by atoms with Crippen LogP contribution in [0.15, 0.2) is 48.7 Å². The van der Waals surface area contributed by atoms with Gasteiger partial charge in [0.15, 0.2) is 0 Å². The maximum Gasteiger partial charge on any atom is 0.141 e. The standard InChI is InChI=1S/C20H13Cl2N3/c21-12-5-6-14(18(22)8-12)16-7-11-10-25-20(24)17(9-23)19(11)15-4-2-1-3-13(15)16/h1-6,8,10,16H,7H2,(H2,24,25). The molecule has 1 aliphatic rings. The summed E-state index contributed by atoms with van der Waals surface area (Å²) in [5.41, 5.74) is 11.4. The Balaban J connectivity index is 1.98. The summed E-state index contributed by atoms with van der Waals surface area (Å²) >= 11 is 12.5. The van der Waals surface area contributed by atoms with Gasteiger partial charge in [-0.1, -0.05) is 53.5 Å². The number of pyridine rings is 1. The molecule has 25 heavy (non-hydrogen) atoms. The Morgan fingerprint density at radius 2 is 1.92 bits per heavy atom. The minimum absolute atomic E-state index is 0.0745. The van der Waals surface area contributed by atoms with Crippen molar-refractivity contribution in [3.8, 4) is 17.2 Å². The van der Waals surface area contributed by atoms with Gasteiger partial charge in [-0.3, -0.25) is 0 Å². The van der Waals surface area contributed by atoms with E-state index in [-0.39, 0.29) is 11.7 Å². The number of nitriles is 1. The molecule has 0 saturated heterocycles. The molecule has 1 heterocycles. The summed E-state index contributed by atoms with van der Waals surface area (Å²) in [5.74, 6) is 0.337. The molecule has 2 N–H and O–H groups in total. The van der Waals surface area contributed by atoms with E-state index in [0.29, 0.717) is 22.0 Å². The second-order valence-electron chi connectivity index (χ2n) is 6.04. The van der Waals surface area contributed by atoms with Crippen LogP contribution < -0.4 is 5.73 Å². The number of fused-ring (bicyclic) bond motifs is 3. The first-order valence-electron chi connectivity index (χ1n) is 7.82. The molecule has 0 bridgehead atoms. The maximum atomic E-state index is 9.55. The predicted octanol–water partition coefficient (Wildman–Crippen LogP) is 5.20. The normalized spacial score (nSPS) is 15.2. The third-order valence-electron chi connectivity index (χ3n) is 4.67. The van der Waals surface area contributed by atoms with E-state index in [4.69, 9.17) is 28.9 Å². The van der Waals surface area contributed by atoms with Crippen molar-refractivity contribution >= 4 is 29.0 Å². The van der Waals surface area contributed by atoms with Gasteiger partial charge in [0.1, 0.15) is 17.5 Å². The fourth-order valence-electron chi connectivity index (χ4n) is 3.56. The average molecular weight is 366 g/mol. The van der Waals surface area contributed by atoms with E-state index in [1.54, 1.807) is 12.3 Å². The van der Waals surface area contributed by atoms with Crippen LogP contribution in [0.5, 0.6) is 0 Å². The Hall–Kier alpha value is -2.54. The molecule has 1 atom stereocenters. The lowest BCUT2D eigenvalue weighted by atomic mass is 9.75. The van der Waals surface area contributed by atoms with Crippen molar-refractivity contribution in [1.82, 2.24) is 4.98 Å². The molecule has 0 saturated carbocycles. The molecule has 5 heteroatoms. The van der Waals surface area contributed by atoms with Crippen LogP contribution in [-0.2, 0) is 6.42 Å². The molecule has 2 aromatic carbocycles. The van der Waals surface area contributed by atoms with E-state index in [9.17, 15) is 5.26 Å². The van der Waals surface area contributed by atoms with Crippen LogP contribution in [0.4, 0.5) is 5.82 Å². The highest BCUT2D eigenvalue weighted by Crippen LogP contribution is 2.46. The first-order valence-corrected chi connectivity index (χ1v) is 8.57. The number of nitrogens with two attached hydrogens (primary N) is 1. The first kappa shape index (κ1) is 16.0. The van der Waals surface area contributed by atoms with Gasteiger partial charge in [-0.05, 0) is 40.8 Å². The van der Waals surface area contributed by atoms with E-state index in [1.165, 1.54) is 0 Å². The van der Waals surface area contributed by atoms with Gasteiger partial charge in [-0.15, -0.1) is 0 Å². The molecule has 1 unspecified atom stereocenters. The monoisotopic (exact) mass is 365 g/mol. The molecule has 122 valence electrons. The molecular weight excluding hydrogens is 353 g/mol. The van der Waals surface area contributed by atoms with E-state index in [1.807, 2.05) is 30.3 Å². The number of nitrogens with zero attached hydrogens (tertiary/aromatic N) is 2. The highest BCUT2D eigenvalue weighted by molar-refractivity contribution is 6.35. The average Bonchev–Trinajstić information content (AvgIpc) is 2.61. The van der Waals surface area contributed by atoms with Crippen LogP contribution in [0.25, 0.3) is 11.1 Å². The second-order valence-corrected chi connectivity index (χ2v) is 6.88. The molecule has 1 aromatic heterocycles. The minimum atomic E-state index is 0.0745. The minimum Gasteiger partial charge on any atom is -0.383 e. The number of hydrogen-bond donors (Lipinski definition) is 1. The summed E-state index contributed by atoms with van der Waals surface area (Å²) in [7, 11) is 0. The van der Waals surface area contributed by atoms with Gasteiger partial charge in [-0.25, -0.2) is 4.98 Å². The third-order valence-corrected chi connectivity index (χ3v) is 5.23.